The van der Waals surface area contributed by atoms with Crippen molar-refractivity contribution in [2.45, 2.75) is 51.2 Å². The average molecular weight is 277 g/mol. The summed E-state index contributed by atoms with van der Waals surface area (Å²) in [6.45, 7) is 3.35. The molecule has 1 saturated carbocycles. The lowest BCUT2D eigenvalue weighted by Gasteiger charge is -2.21. The van der Waals surface area contributed by atoms with Crippen LogP contribution in [0.25, 0.3) is 0 Å². The third-order valence-electron chi connectivity index (χ3n) is 4.03. The molecule has 0 heterocycles. The van der Waals surface area contributed by atoms with Gasteiger partial charge in [-0.25, -0.2) is 0 Å². The summed E-state index contributed by atoms with van der Waals surface area (Å²) >= 11 is 1.98. The van der Waals surface area contributed by atoms with Gasteiger partial charge in [-0.05, 0) is 35.8 Å². The van der Waals surface area contributed by atoms with Crippen molar-refractivity contribution in [2.24, 2.45) is 5.92 Å². The fourth-order valence-corrected chi connectivity index (χ4v) is 3.47. The highest BCUT2D eigenvalue weighted by Crippen LogP contribution is 2.26. The highest BCUT2D eigenvalue weighted by molar-refractivity contribution is 7.98. The van der Waals surface area contributed by atoms with E-state index < -0.39 is 0 Å². The molecule has 2 heteroatoms. The van der Waals surface area contributed by atoms with Crippen LogP contribution < -0.4 is 5.32 Å². The normalized spacial score (nSPS) is 16.5. The molecule has 106 valence electrons. The minimum absolute atomic E-state index is 0.974. The molecule has 0 atom stereocenters. The van der Waals surface area contributed by atoms with Crippen molar-refractivity contribution in [1.29, 1.82) is 0 Å². The lowest BCUT2D eigenvalue weighted by atomic mass is 9.87. The van der Waals surface area contributed by atoms with Gasteiger partial charge in [-0.15, -0.1) is 0 Å². The maximum atomic E-state index is 3.57. The second-order valence-corrected chi connectivity index (χ2v) is 6.83. The van der Waals surface area contributed by atoms with Crippen molar-refractivity contribution in [1.82, 2.24) is 0 Å². The molecule has 1 aromatic rings. The van der Waals surface area contributed by atoms with Crippen molar-refractivity contribution < 1.29 is 0 Å². The van der Waals surface area contributed by atoms with Crippen LogP contribution in [0.15, 0.2) is 24.3 Å². The third-order valence-corrected chi connectivity index (χ3v) is 4.98. The third kappa shape index (κ3) is 5.48. The Bertz CT molecular complexity index is 341. The summed E-state index contributed by atoms with van der Waals surface area (Å²) in [5.74, 6) is 3.31. The topological polar surface area (TPSA) is 12.0 Å². The van der Waals surface area contributed by atoms with E-state index in [4.69, 9.17) is 0 Å². The fraction of sp³-hybridized carbons (Fsp3) is 0.647. The molecule has 0 radical (unpaired) electrons. The Morgan fingerprint density at radius 1 is 1.11 bits per heavy atom. The molecular weight excluding hydrogens is 250 g/mol. The molecule has 1 aliphatic rings. The molecular formula is C17H27NS. The molecule has 2 rings (SSSR count). The van der Waals surface area contributed by atoms with Gasteiger partial charge in [0.25, 0.3) is 0 Å². The molecule has 0 spiro atoms. The minimum atomic E-state index is 0.974. The number of hydrogen-bond acceptors (Lipinski definition) is 2. The van der Waals surface area contributed by atoms with Gasteiger partial charge < -0.3 is 5.32 Å². The minimum Gasteiger partial charge on any atom is -0.385 e. The van der Waals surface area contributed by atoms with Crippen molar-refractivity contribution in [3.63, 3.8) is 0 Å². The fourth-order valence-electron chi connectivity index (χ4n) is 2.84. The molecule has 1 aliphatic carbocycles. The Balaban J connectivity index is 1.67. The monoisotopic (exact) mass is 277 g/mol. The highest BCUT2D eigenvalue weighted by atomic mass is 32.2. The molecule has 0 bridgehead atoms. The quantitative estimate of drug-likeness (QED) is 0.723. The van der Waals surface area contributed by atoms with Gasteiger partial charge in [0.05, 0.1) is 0 Å². The molecule has 0 saturated heterocycles. The van der Waals surface area contributed by atoms with Gasteiger partial charge in [-0.1, -0.05) is 51.2 Å². The first-order chi connectivity index (χ1) is 9.38. The first kappa shape index (κ1) is 14.8. The molecule has 1 aromatic carbocycles. The molecule has 0 amide bonds. The van der Waals surface area contributed by atoms with E-state index >= 15 is 0 Å². The van der Waals surface area contributed by atoms with E-state index in [1.807, 2.05) is 11.8 Å². The Labute approximate surface area is 122 Å². The van der Waals surface area contributed by atoms with Crippen molar-refractivity contribution >= 4 is 17.4 Å². The second-order valence-electron chi connectivity index (χ2n) is 5.55. The van der Waals surface area contributed by atoms with E-state index in [1.54, 1.807) is 0 Å². The summed E-state index contributed by atoms with van der Waals surface area (Å²) < 4.78 is 0. The van der Waals surface area contributed by atoms with Gasteiger partial charge in [0, 0.05) is 18.0 Å². The number of rotatable bonds is 7. The smallest absolute Gasteiger partial charge is 0.0340 e. The summed E-state index contributed by atoms with van der Waals surface area (Å²) in [4.78, 5) is 0. The lowest BCUT2D eigenvalue weighted by molar-refractivity contribution is 0.345. The molecule has 0 unspecified atom stereocenters. The zero-order valence-electron chi connectivity index (χ0n) is 12.2. The zero-order chi connectivity index (χ0) is 13.3. The molecule has 0 aliphatic heterocycles. The predicted molar refractivity (Wildman–Crippen MR) is 88.0 cm³/mol. The Hall–Kier alpha value is -0.630. The van der Waals surface area contributed by atoms with E-state index in [0.29, 0.717) is 0 Å². The number of hydrogen-bond donors (Lipinski definition) is 1. The first-order valence-corrected chi connectivity index (χ1v) is 8.94. The van der Waals surface area contributed by atoms with Crippen LogP contribution >= 0.6 is 11.8 Å². The van der Waals surface area contributed by atoms with E-state index in [1.165, 1.54) is 55.5 Å². The summed E-state index contributed by atoms with van der Waals surface area (Å²) in [5, 5.41) is 3.57. The number of benzene rings is 1. The van der Waals surface area contributed by atoms with E-state index in [-0.39, 0.29) is 0 Å². The molecule has 1 N–H and O–H groups in total. The Morgan fingerprint density at radius 2 is 1.84 bits per heavy atom. The molecule has 19 heavy (non-hydrogen) atoms. The van der Waals surface area contributed by atoms with Crippen LogP contribution in [0.2, 0.25) is 0 Å². The Kier molecular flexibility index (Phi) is 6.63. The molecule has 0 aromatic heterocycles. The van der Waals surface area contributed by atoms with Crippen molar-refractivity contribution in [2.75, 3.05) is 17.6 Å². The lowest BCUT2D eigenvalue weighted by Crippen LogP contribution is -2.12. The zero-order valence-corrected chi connectivity index (χ0v) is 13.0. The molecule has 1 nitrogen and oxygen atoms in total. The van der Waals surface area contributed by atoms with Gasteiger partial charge in [-0.2, -0.15) is 11.8 Å². The summed E-state index contributed by atoms with van der Waals surface area (Å²) in [5.41, 5.74) is 2.71. The molecule has 1 fully saturated rings. The SMILES string of the molecule is CCSCc1ccc(NCCC2CCCCC2)cc1. The Morgan fingerprint density at radius 3 is 2.53 bits per heavy atom. The van der Waals surface area contributed by atoms with Crippen molar-refractivity contribution in [3.05, 3.63) is 29.8 Å². The van der Waals surface area contributed by atoms with Gasteiger partial charge in [0.15, 0.2) is 0 Å². The van der Waals surface area contributed by atoms with Crippen LogP contribution in [0.5, 0.6) is 0 Å². The summed E-state index contributed by atoms with van der Waals surface area (Å²) in [6.07, 6.45) is 8.61. The second kappa shape index (κ2) is 8.52. The van der Waals surface area contributed by atoms with Gasteiger partial charge in [0.1, 0.15) is 0 Å². The van der Waals surface area contributed by atoms with E-state index in [2.05, 4.69) is 36.5 Å². The highest BCUT2D eigenvalue weighted by Gasteiger charge is 2.12. The van der Waals surface area contributed by atoms with Crippen LogP contribution in [0.3, 0.4) is 0 Å². The van der Waals surface area contributed by atoms with Crippen LogP contribution in [0, 0.1) is 5.92 Å². The average Bonchev–Trinajstić information content (AvgIpc) is 2.47. The number of thioether (sulfide) groups is 1. The maximum Gasteiger partial charge on any atom is 0.0340 e. The summed E-state index contributed by atoms with van der Waals surface area (Å²) in [7, 11) is 0. The van der Waals surface area contributed by atoms with Gasteiger partial charge >= 0.3 is 0 Å². The summed E-state index contributed by atoms with van der Waals surface area (Å²) in [6, 6.07) is 8.97. The van der Waals surface area contributed by atoms with E-state index in [0.717, 1.165) is 18.2 Å². The maximum absolute atomic E-state index is 3.57. The number of anilines is 1. The van der Waals surface area contributed by atoms with Gasteiger partial charge in [0.2, 0.25) is 0 Å². The van der Waals surface area contributed by atoms with Crippen LogP contribution in [-0.2, 0) is 5.75 Å². The largest absolute Gasteiger partial charge is 0.385 e. The van der Waals surface area contributed by atoms with Crippen LogP contribution in [0.1, 0.15) is 51.0 Å². The number of nitrogens with one attached hydrogen (secondary N) is 1. The first-order valence-electron chi connectivity index (χ1n) is 7.79. The predicted octanol–water partition coefficient (Wildman–Crippen LogP) is 5.32. The van der Waals surface area contributed by atoms with Crippen LogP contribution in [0.4, 0.5) is 5.69 Å². The van der Waals surface area contributed by atoms with E-state index in [9.17, 15) is 0 Å². The van der Waals surface area contributed by atoms with Crippen molar-refractivity contribution in [3.8, 4) is 0 Å². The van der Waals surface area contributed by atoms with Crippen LogP contribution in [-0.4, -0.2) is 12.3 Å². The standard InChI is InChI=1S/C17H27NS/c1-2-19-14-16-8-10-17(11-9-16)18-13-12-15-6-4-3-5-7-15/h8-11,15,18H,2-7,12-14H2,1H3. The van der Waals surface area contributed by atoms with Gasteiger partial charge in [-0.3, -0.25) is 0 Å².